The van der Waals surface area contributed by atoms with Gasteiger partial charge in [0.2, 0.25) is 5.91 Å². The number of halogens is 2. The van der Waals surface area contributed by atoms with E-state index in [1.165, 1.54) is 0 Å². The number of carbonyl (C=O) groups is 2. The highest BCUT2D eigenvalue weighted by atomic mass is 35.5. The standard InChI is InChI=1S/C46H38Cl2N4O6/c1-27-44(51-28(2)57-27)46(54)52-24-36-22-42-41(56-26-43(58-42)34-12-14-37(15-13-34)55-25-31-7-16-38(47)39(48)19-31)21-35(36)20-40(52)45(53)50-18-17-29-3-8-32(9-4-29)33-10-5-30(23-49)6-11-33/h3-16,19,21-22,40,43H,17-18,20,24-26H2,1-2H3,(H,50,53). The molecule has 2 atom stereocenters. The number of hydrogen-bond donors (Lipinski definition) is 1. The van der Waals surface area contributed by atoms with Gasteiger partial charge in [-0.3, -0.25) is 9.59 Å². The monoisotopic (exact) mass is 812 g/mol. The topological polar surface area (TPSA) is 127 Å². The Bertz CT molecular complexity index is 2530. The molecule has 2 unspecified atom stereocenters. The quantitative estimate of drug-likeness (QED) is 0.145. The van der Waals surface area contributed by atoms with E-state index in [0.29, 0.717) is 70.7 Å². The molecule has 0 aliphatic carbocycles. The lowest BCUT2D eigenvalue weighted by molar-refractivity contribution is -0.126. The lowest BCUT2D eigenvalue weighted by atomic mass is 9.92. The van der Waals surface area contributed by atoms with E-state index >= 15 is 0 Å². The van der Waals surface area contributed by atoms with Gasteiger partial charge in [-0.05, 0) is 101 Å². The van der Waals surface area contributed by atoms with Crippen LogP contribution in [0.25, 0.3) is 11.1 Å². The van der Waals surface area contributed by atoms with Crippen molar-refractivity contribution >= 4 is 35.0 Å². The molecule has 0 saturated heterocycles. The molecule has 8 rings (SSSR count). The molecule has 2 aliphatic heterocycles. The third-order valence-corrected chi connectivity index (χ3v) is 11.1. The Morgan fingerprint density at radius 1 is 0.879 bits per heavy atom. The summed E-state index contributed by atoms with van der Waals surface area (Å²) in [4.78, 5) is 33.9. The molecule has 6 aromatic rings. The molecule has 58 heavy (non-hydrogen) atoms. The van der Waals surface area contributed by atoms with Gasteiger partial charge in [-0.15, -0.1) is 0 Å². The maximum atomic E-state index is 14.1. The minimum atomic E-state index is -0.789. The predicted octanol–water partition coefficient (Wildman–Crippen LogP) is 9.15. The third kappa shape index (κ3) is 8.37. The average molecular weight is 814 g/mol. The van der Waals surface area contributed by atoms with Crippen LogP contribution >= 0.6 is 23.2 Å². The minimum absolute atomic E-state index is 0.167. The molecule has 0 saturated carbocycles. The molecule has 0 fully saturated rings. The molecule has 12 heteroatoms. The second kappa shape index (κ2) is 16.7. The highest BCUT2D eigenvalue weighted by Crippen LogP contribution is 2.41. The van der Waals surface area contributed by atoms with E-state index in [9.17, 15) is 9.59 Å². The second-order valence-corrected chi connectivity index (χ2v) is 15.1. The number of nitriles is 1. The molecule has 0 bridgehead atoms. The van der Waals surface area contributed by atoms with Crippen molar-refractivity contribution in [1.82, 2.24) is 15.2 Å². The molecule has 0 radical (unpaired) electrons. The van der Waals surface area contributed by atoms with E-state index in [1.807, 2.05) is 78.9 Å². The van der Waals surface area contributed by atoms with Gasteiger partial charge in [-0.2, -0.15) is 5.26 Å². The molecule has 3 heterocycles. The summed E-state index contributed by atoms with van der Waals surface area (Å²) < 4.78 is 24.3. The van der Waals surface area contributed by atoms with Crippen LogP contribution < -0.4 is 19.5 Å². The van der Waals surface area contributed by atoms with Gasteiger partial charge in [-0.25, -0.2) is 4.98 Å². The van der Waals surface area contributed by atoms with Crippen LogP contribution in [0.5, 0.6) is 17.2 Å². The number of fused-ring (bicyclic) bond motifs is 2. The summed E-state index contributed by atoms with van der Waals surface area (Å²) in [5.41, 5.74) is 7.48. The van der Waals surface area contributed by atoms with E-state index in [2.05, 4.69) is 16.4 Å². The largest absolute Gasteiger partial charge is 0.489 e. The number of amides is 2. The summed E-state index contributed by atoms with van der Waals surface area (Å²) in [6.45, 7) is 4.57. The fourth-order valence-corrected chi connectivity index (χ4v) is 7.57. The number of aryl methyl sites for hydroxylation is 2. The van der Waals surface area contributed by atoms with Crippen LogP contribution in [0.2, 0.25) is 10.0 Å². The van der Waals surface area contributed by atoms with E-state index in [4.69, 9.17) is 47.1 Å². The van der Waals surface area contributed by atoms with Gasteiger partial charge >= 0.3 is 0 Å². The van der Waals surface area contributed by atoms with E-state index in [-0.39, 0.29) is 36.6 Å². The Morgan fingerprint density at radius 2 is 1.59 bits per heavy atom. The number of benzene rings is 5. The molecule has 1 aromatic heterocycles. The van der Waals surface area contributed by atoms with Gasteiger partial charge in [0.1, 0.15) is 30.8 Å². The molecule has 10 nitrogen and oxygen atoms in total. The van der Waals surface area contributed by atoms with Gasteiger partial charge in [0.25, 0.3) is 5.91 Å². The first-order valence-electron chi connectivity index (χ1n) is 18.9. The third-order valence-electron chi connectivity index (χ3n) is 10.4. The van der Waals surface area contributed by atoms with Crippen molar-refractivity contribution in [2.24, 2.45) is 0 Å². The number of hydrogen-bond acceptors (Lipinski definition) is 8. The number of carbonyl (C=O) groups excluding carboxylic acids is 2. The predicted molar refractivity (Wildman–Crippen MR) is 219 cm³/mol. The number of ether oxygens (including phenoxy) is 3. The highest BCUT2D eigenvalue weighted by molar-refractivity contribution is 6.42. The zero-order valence-electron chi connectivity index (χ0n) is 31.8. The van der Waals surface area contributed by atoms with Crippen LogP contribution in [0.1, 0.15) is 61.6 Å². The smallest absolute Gasteiger partial charge is 0.277 e. The Hall–Kier alpha value is -6.28. The summed E-state index contributed by atoms with van der Waals surface area (Å²) in [5.74, 6) is 1.97. The van der Waals surface area contributed by atoms with Crippen LogP contribution in [-0.4, -0.2) is 40.9 Å². The Kier molecular flexibility index (Phi) is 11.1. The Balaban J connectivity index is 0.946. The average Bonchev–Trinajstić information content (AvgIpc) is 3.59. The van der Waals surface area contributed by atoms with Gasteiger partial charge in [0.15, 0.2) is 29.2 Å². The maximum Gasteiger partial charge on any atom is 0.277 e. The molecule has 5 aromatic carbocycles. The van der Waals surface area contributed by atoms with E-state index in [1.54, 1.807) is 43.0 Å². The van der Waals surface area contributed by atoms with Gasteiger partial charge in [0, 0.05) is 26.4 Å². The van der Waals surface area contributed by atoms with Gasteiger partial charge < -0.3 is 28.8 Å². The summed E-state index contributed by atoms with van der Waals surface area (Å²) >= 11 is 12.2. The number of aromatic nitrogens is 1. The fraction of sp³-hybridized carbons (Fsp3) is 0.217. The minimum Gasteiger partial charge on any atom is -0.489 e. The van der Waals surface area contributed by atoms with Gasteiger partial charge in [0.05, 0.1) is 21.7 Å². The van der Waals surface area contributed by atoms with Crippen molar-refractivity contribution in [1.29, 1.82) is 5.26 Å². The van der Waals surface area contributed by atoms with Crippen LogP contribution in [0.3, 0.4) is 0 Å². The van der Waals surface area contributed by atoms with Crippen LogP contribution in [0, 0.1) is 25.2 Å². The normalized spacial score (nSPS) is 15.6. The molecule has 2 aliphatic rings. The van der Waals surface area contributed by atoms with Crippen molar-refractivity contribution in [2.45, 2.75) is 52.0 Å². The molecule has 2 amide bonds. The molecule has 292 valence electrons. The Morgan fingerprint density at radius 3 is 2.28 bits per heavy atom. The summed E-state index contributed by atoms with van der Waals surface area (Å²) in [5, 5.41) is 13.1. The zero-order valence-corrected chi connectivity index (χ0v) is 33.3. The zero-order chi connectivity index (χ0) is 40.3. The van der Waals surface area contributed by atoms with Crippen molar-refractivity contribution in [3.8, 4) is 34.4 Å². The number of oxazole rings is 1. The molecule has 1 N–H and O–H groups in total. The number of rotatable bonds is 10. The van der Waals surface area contributed by atoms with Crippen molar-refractivity contribution in [3.05, 3.63) is 164 Å². The number of nitrogens with zero attached hydrogens (tertiary/aromatic N) is 3. The van der Waals surface area contributed by atoms with E-state index < -0.39 is 6.04 Å². The molecule has 0 spiro atoms. The van der Waals surface area contributed by atoms with Crippen molar-refractivity contribution in [3.63, 3.8) is 0 Å². The van der Waals surface area contributed by atoms with Crippen molar-refractivity contribution in [2.75, 3.05) is 13.2 Å². The lowest BCUT2D eigenvalue weighted by Crippen LogP contribution is -2.53. The fourth-order valence-electron chi connectivity index (χ4n) is 7.25. The highest BCUT2D eigenvalue weighted by Gasteiger charge is 2.38. The summed E-state index contributed by atoms with van der Waals surface area (Å²) in [6.07, 6.45) is 0.515. The first-order valence-corrected chi connectivity index (χ1v) is 19.6. The van der Waals surface area contributed by atoms with Crippen LogP contribution in [0.4, 0.5) is 0 Å². The molecular weight excluding hydrogens is 775 g/mol. The first-order chi connectivity index (χ1) is 28.1. The summed E-state index contributed by atoms with van der Waals surface area (Å²) in [7, 11) is 0. The van der Waals surface area contributed by atoms with E-state index in [0.717, 1.165) is 38.9 Å². The van der Waals surface area contributed by atoms with Crippen molar-refractivity contribution < 1.29 is 28.2 Å². The summed E-state index contributed by atoms with van der Waals surface area (Å²) in [6, 6.07) is 33.8. The first kappa shape index (κ1) is 38.6. The SMILES string of the molecule is Cc1nc(C(=O)N2Cc3cc4c(cc3CC2C(=O)NCCc2ccc(-c3ccc(C#N)cc3)cc2)OCC(c2ccc(OCc3ccc(Cl)c(Cl)c3)cc2)O4)c(C)o1. The van der Waals surface area contributed by atoms with Crippen LogP contribution in [-0.2, 0) is 30.8 Å². The Labute approximate surface area is 345 Å². The molecular formula is C46H38Cl2N4O6. The lowest BCUT2D eigenvalue weighted by Gasteiger charge is -2.37. The number of nitrogens with one attached hydrogen (secondary N) is 1. The maximum absolute atomic E-state index is 14.1. The van der Waals surface area contributed by atoms with Gasteiger partial charge in [-0.1, -0.05) is 77.8 Å². The second-order valence-electron chi connectivity index (χ2n) is 14.3. The van der Waals surface area contributed by atoms with Crippen LogP contribution in [0.15, 0.2) is 108 Å².